The molecule has 1 amide bonds. The largest absolute Gasteiger partial charge is 0.465 e. The van der Waals surface area contributed by atoms with Crippen LogP contribution in [0, 0.1) is 5.92 Å². The first kappa shape index (κ1) is 8.33. The topological polar surface area (TPSA) is 75.3 Å². The van der Waals surface area contributed by atoms with Crippen molar-refractivity contribution >= 4 is 6.09 Å². The van der Waals surface area contributed by atoms with Crippen LogP contribution < -0.4 is 11.1 Å². The van der Waals surface area contributed by atoms with Crippen LogP contribution in [0.4, 0.5) is 4.79 Å². The molecule has 4 N–H and O–H groups in total. The van der Waals surface area contributed by atoms with E-state index in [1.807, 2.05) is 0 Å². The lowest BCUT2D eigenvalue weighted by Gasteiger charge is -2.16. The summed E-state index contributed by atoms with van der Waals surface area (Å²) in [6.07, 6.45) is 2.15. The van der Waals surface area contributed by atoms with Crippen molar-refractivity contribution in [3.05, 3.63) is 0 Å². The minimum Gasteiger partial charge on any atom is -0.465 e. The predicted molar refractivity (Wildman–Crippen MR) is 41.3 cm³/mol. The molecule has 0 spiro atoms. The molecule has 0 aromatic rings. The van der Waals surface area contributed by atoms with Crippen LogP contribution in [0.25, 0.3) is 0 Å². The fourth-order valence-corrected chi connectivity index (χ4v) is 1.67. The molecule has 4 nitrogen and oxygen atoms in total. The van der Waals surface area contributed by atoms with Gasteiger partial charge in [-0.2, -0.15) is 0 Å². The average Bonchev–Trinajstić information content (AvgIpc) is 2.34. The van der Waals surface area contributed by atoms with E-state index in [1.54, 1.807) is 0 Å². The van der Waals surface area contributed by atoms with E-state index in [1.165, 1.54) is 0 Å². The molecule has 0 unspecified atom stereocenters. The van der Waals surface area contributed by atoms with Crippen molar-refractivity contribution in [3.63, 3.8) is 0 Å². The van der Waals surface area contributed by atoms with Crippen molar-refractivity contribution in [1.29, 1.82) is 0 Å². The summed E-state index contributed by atoms with van der Waals surface area (Å²) in [5.41, 5.74) is 5.47. The second-order valence-corrected chi connectivity index (χ2v) is 2.98. The molecule has 4 heteroatoms. The van der Waals surface area contributed by atoms with Gasteiger partial charge in [0.15, 0.2) is 0 Å². The molecule has 0 bridgehead atoms. The van der Waals surface area contributed by atoms with Crippen molar-refractivity contribution in [3.8, 4) is 0 Å². The Hall–Kier alpha value is -0.770. The Balaban J connectivity index is 2.37. The van der Waals surface area contributed by atoms with Crippen molar-refractivity contribution in [2.45, 2.75) is 25.3 Å². The Bertz CT molecular complexity index is 149. The molecule has 1 aliphatic carbocycles. The van der Waals surface area contributed by atoms with Crippen molar-refractivity contribution < 1.29 is 9.90 Å². The monoisotopic (exact) mass is 158 g/mol. The summed E-state index contributed by atoms with van der Waals surface area (Å²) < 4.78 is 0. The number of hydrogen-bond donors (Lipinski definition) is 3. The van der Waals surface area contributed by atoms with E-state index in [0.717, 1.165) is 19.3 Å². The van der Waals surface area contributed by atoms with E-state index >= 15 is 0 Å². The van der Waals surface area contributed by atoms with Gasteiger partial charge in [-0.15, -0.1) is 0 Å². The van der Waals surface area contributed by atoms with Gasteiger partial charge in [0.2, 0.25) is 0 Å². The molecule has 11 heavy (non-hydrogen) atoms. The normalized spacial score (nSPS) is 30.3. The first-order chi connectivity index (χ1) is 5.24. The molecule has 1 rings (SSSR count). The van der Waals surface area contributed by atoms with Crippen LogP contribution in [0.5, 0.6) is 0 Å². The molecule has 1 aliphatic rings. The lowest BCUT2D eigenvalue weighted by atomic mass is 10.0. The zero-order valence-corrected chi connectivity index (χ0v) is 6.42. The van der Waals surface area contributed by atoms with Gasteiger partial charge in [-0.05, 0) is 25.3 Å². The predicted octanol–water partition coefficient (Wildman–Crippen LogP) is 0.381. The zero-order chi connectivity index (χ0) is 8.27. The van der Waals surface area contributed by atoms with E-state index in [0.29, 0.717) is 12.5 Å². The highest BCUT2D eigenvalue weighted by Gasteiger charge is 2.26. The highest BCUT2D eigenvalue weighted by atomic mass is 16.4. The fourth-order valence-electron chi connectivity index (χ4n) is 1.67. The number of carboxylic acid groups (broad SMARTS) is 1. The summed E-state index contributed by atoms with van der Waals surface area (Å²) in [6, 6.07) is 0.0949. The molecule has 0 aliphatic heterocycles. The molecule has 0 aromatic heterocycles. The minimum atomic E-state index is -0.935. The van der Waals surface area contributed by atoms with Gasteiger partial charge in [-0.25, -0.2) is 4.79 Å². The molecule has 1 saturated carbocycles. The van der Waals surface area contributed by atoms with Gasteiger partial charge in [-0.1, -0.05) is 6.42 Å². The van der Waals surface area contributed by atoms with E-state index < -0.39 is 6.09 Å². The molecule has 1 fully saturated rings. The minimum absolute atomic E-state index is 0.0949. The third-order valence-electron chi connectivity index (χ3n) is 2.27. The lowest BCUT2D eigenvalue weighted by molar-refractivity contribution is 0.186. The Morgan fingerprint density at radius 2 is 2.36 bits per heavy atom. The summed E-state index contributed by atoms with van der Waals surface area (Å²) in [5, 5.41) is 10.9. The van der Waals surface area contributed by atoms with Crippen LogP contribution in [-0.2, 0) is 0 Å². The highest BCUT2D eigenvalue weighted by molar-refractivity contribution is 5.64. The maximum absolute atomic E-state index is 10.3. The van der Waals surface area contributed by atoms with Crippen molar-refractivity contribution in [2.24, 2.45) is 11.7 Å². The molecule has 0 saturated heterocycles. The van der Waals surface area contributed by atoms with E-state index in [4.69, 9.17) is 10.8 Å². The summed E-state index contributed by atoms with van der Waals surface area (Å²) >= 11 is 0. The Morgan fingerprint density at radius 3 is 2.91 bits per heavy atom. The second-order valence-electron chi connectivity index (χ2n) is 2.98. The molecule has 2 atom stereocenters. The van der Waals surface area contributed by atoms with Crippen LogP contribution >= 0.6 is 0 Å². The Labute approximate surface area is 65.8 Å². The summed E-state index contributed by atoms with van der Waals surface area (Å²) in [5.74, 6) is 0.353. The first-order valence-electron chi connectivity index (χ1n) is 3.93. The third kappa shape index (κ3) is 2.08. The van der Waals surface area contributed by atoms with Crippen LogP contribution in [-0.4, -0.2) is 23.8 Å². The maximum Gasteiger partial charge on any atom is 0.404 e. The lowest BCUT2D eigenvalue weighted by Crippen LogP contribution is -2.38. The molecule has 64 valence electrons. The van der Waals surface area contributed by atoms with E-state index in [-0.39, 0.29) is 6.04 Å². The van der Waals surface area contributed by atoms with Crippen LogP contribution in [0.15, 0.2) is 0 Å². The van der Waals surface area contributed by atoms with E-state index in [9.17, 15) is 4.79 Å². The number of rotatable bonds is 2. The number of carbonyl (C=O) groups is 1. The zero-order valence-electron chi connectivity index (χ0n) is 6.42. The Morgan fingerprint density at radius 1 is 1.64 bits per heavy atom. The van der Waals surface area contributed by atoms with Crippen LogP contribution in [0.2, 0.25) is 0 Å². The van der Waals surface area contributed by atoms with Crippen LogP contribution in [0.1, 0.15) is 19.3 Å². The molecule has 0 heterocycles. The molecular formula is C7H14N2O2. The number of hydrogen-bond acceptors (Lipinski definition) is 2. The quantitative estimate of drug-likeness (QED) is 0.544. The van der Waals surface area contributed by atoms with Gasteiger partial charge in [0.25, 0.3) is 0 Å². The maximum atomic E-state index is 10.3. The SMILES string of the molecule is NC[C@@H]1CCC[C@@H]1NC(=O)O. The molecule has 0 aromatic carbocycles. The van der Waals surface area contributed by atoms with Gasteiger partial charge in [0.1, 0.15) is 0 Å². The highest BCUT2D eigenvalue weighted by Crippen LogP contribution is 2.24. The summed E-state index contributed by atoms with van der Waals surface area (Å²) in [7, 11) is 0. The molecular weight excluding hydrogens is 144 g/mol. The smallest absolute Gasteiger partial charge is 0.404 e. The standard InChI is InChI=1S/C7H14N2O2/c8-4-5-2-1-3-6(5)9-7(10)11/h5-6,9H,1-4,8H2,(H,10,11)/t5-,6-/m0/s1. The second kappa shape index (κ2) is 3.57. The fraction of sp³-hybridized carbons (Fsp3) is 0.857. The average molecular weight is 158 g/mol. The van der Waals surface area contributed by atoms with Gasteiger partial charge in [0, 0.05) is 6.04 Å². The van der Waals surface area contributed by atoms with Gasteiger partial charge in [0.05, 0.1) is 0 Å². The van der Waals surface area contributed by atoms with Crippen molar-refractivity contribution in [1.82, 2.24) is 5.32 Å². The number of amides is 1. The molecule has 0 radical (unpaired) electrons. The van der Waals surface area contributed by atoms with Gasteiger partial charge < -0.3 is 16.2 Å². The van der Waals surface area contributed by atoms with Crippen LogP contribution in [0.3, 0.4) is 0 Å². The summed E-state index contributed by atoms with van der Waals surface area (Å²) in [6.45, 7) is 0.588. The van der Waals surface area contributed by atoms with E-state index in [2.05, 4.69) is 5.32 Å². The Kier molecular flexibility index (Phi) is 2.70. The van der Waals surface area contributed by atoms with Gasteiger partial charge in [-0.3, -0.25) is 0 Å². The van der Waals surface area contributed by atoms with Crippen molar-refractivity contribution in [2.75, 3.05) is 6.54 Å². The van der Waals surface area contributed by atoms with Gasteiger partial charge >= 0.3 is 6.09 Å². The first-order valence-corrected chi connectivity index (χ1v) is 3.93. The number of nitrogens with two attached hydrogens (primary N) is 1. The summed E-state index contributed by atoms with van der Waals surface area (Å²) in [4.78, 5) is 10.3. The third-order valence-corrected chi connectivity index (χ3v) is 2.27. The number of nitrogens with one attached hydrogen (secondary N) is 1.